The number of hydrogen-bond acceptors (Lipinski definition) is 6. The Kier molecular flexibility index (Phi) is 6.52. The van der Waals surface area contributed by atoms with Crippen molar-refractivity contribution in [3.8, 4) is 5.75 Å². The minimum atomic E-state index is -0.473. The Labute approximate surface area is 151 Å². The first kappa shape index (κ1) is 18.9. The Morgan fingerprint density at radius 1 is 1.32 bits per heavy atom. The molecule has 2 rings (SSSR count). The number of aromatic nitrogens is 1. The van der Waals surface area contributed by atoms with Gasteiger partial charge in [-0.25, -0.2) is 9.78 Å². The van der Waals surface area contributed by atoms with E-state index >= 15 is 0 Å². The molecule has 1 amide bonds. The number of ether oxygens (including phenoxy) is 2. The van der Waals surface area contributed by atoms with E-state index in [9.17, 15) is 9.59 Å². The first-order valence-electron chi connectivity index (χ1n) is 7.96. The van der Waals surface area contributed by atoms with Crippen LogP contribution < -0.4 is 10.1 Å². The van der Waals surface area contributed by atoms with Crippen molar-refractivity contribution in [3.05, 3.63) is 40.4 Å². The molecule has 0 radical (unpaired) electrons. The minimum absolute atomic E-state index is 0.0452. The van der Waals surface area contributed by atoms with Crippen molar-refractivity contribution in [1.82, 2.24) is 4.98 Å². The lowest BCUT2D eigenvalue weighted by Crippen LogP contribution is -2.15. The number of carbonyl (C=O) groups excluding carboxylic acids is 2. The zero-order valence-corrected chi connectivity index (χ0v) is 15.6. The van der Waals surface area contributed by atoms with Crippen LogP contribution in [0.4, 0.5) is 5.13 Å². The van der Waals surface area contributed by atoms with E-state index in [-0.39, 0.29) is 19.1 Å². The topological polar surface area (TPSA) is 77.5 Å². The SMILES string of the molecule is CC(=O)Nc1nc(COC(=O)COc2ccc(C(C)C)c(C)c2)cs1. The highest BCUT2D eigenvalue weighted by atomic mass is 32.1. The first-order valence-corrected chi connectivity index (χ1v) is 8.84. The molecular weight excluding hydrogens is 340 g/mol. The Hall–Kier alpha value is -2.41. The monoisotopic (exact) mass is 362 g/mol. The highest BCUT2D eigenvalue weighted by Crippen LogP contribution is 2.23. The van der Waals surface area contributed by atoms with Gasteiger partial charge in [0, 0.05) is 12.3 Å². The number of anilines is 1. The highest BCUT2D eigenvalue weighted by Gasteiger charge is 2.09. The molecule has 0 bridgehead atoms. The second-order valence-corrected chi connectivity index (χ2v) is 6.81. The van der Waals surface area contributed by atoms with Gasteiger partial charge >= 0.3 is 5.97 Å². The molecule has 0 aliphatic heterocycles. The third-order valence-corrected chi connectivity index (χ3v) is 4.24. The van der Waals surface area contributed by atoms with E-state index in [2.05, 4.69) is 24.1 Å². The number of benzene rings is 1. The van der Waals surface area contributed by atoms with Gasteiger partial charge in [-0.1, -0.05) is 19.9 Å². The predicted octanol–water partition coefficient (Wildman–Crippen LogP) is 3.66. The van der Waals surface area contributed by atoms with Gasteiger partial charge < -0.3 is 14.8 Å². The molecule has 0 unspecified atom stereocenters. The third kappa shape index (κ3) is 5.86. The van der Waals surface area contributed by atoms with Crippen LogP contribution in [0.3, 0.4) is 0 Å². The molecule has 1 aromatic heterocycles. The molecule has 1 N–H and O–H groups in total. The molecule has 134 valence electrons. The van der Waals surface area contributed by atoms with Gasteiger partial charge in [0.1, 0.15) is 12.4 Å². The molecule has 0 saturated carbocycles. The molecule has 0 fully saturated rings. The fraction of sp³-hybridized carbons (Fsp3) is 0.389. The van der Waals surface area contributed by atoms with E-state index in [0.29, 0.717) is 22.5 Å². The van der Waals surface area contributed by atoms with Crippen molar-refractivity contribution in [3.63, 3.8) is 0 Å². The maximum Gasteiger partial charge on any atom is 0.344 e. The van der Waals surface area contributed by atoms with Crippen LogP contribution >= 0.6 is 11.3 Å². The van der Waals surface area contributed by atoms with Crippen molar-refractivity contribution in [2.45, 2.75) is 40.2 Å². The van der Waals surface area contributed by atoms with Crippen molar-refractivity contribution in [1.29, 1.82) is 0 Å². The maximum atomic E-state index is 11.8. The van der Waals surface area contributed by atoms with Gasteiger partial charge in [0.05, 0.1) is 5.69 Å². The molecule has 0 aliphatic rings. The van der Waals surface area contributed by atoms with Gasteiger partial charge in [-0.2, -0.15) is 0 Å². The standard InChI is InChI=1S/C18H22N2O4S/c1-11(2)16-6-5-15(7-12(16)3)23-9-17(22)24-8-14-10-25-18(20-14)19-13(4)21/h5-7,10-11H,8-9H2,1-4H3,(H,19,20,21). The summed E-state index contributed by atoms with van der Waals surface area (Å²) in [6, 6.07) is 5.79. The molecule has 0 atom stereocenters. The van der Waals surface area contributed by atoms with Crippen molar-refractivity contribution in [2.75, 3.05) is 11.9 Å². The quantitative estimate of drug-likeness (QED) is 0.761. The second kappa shape index (κ2) is 8.62. The molecule has 0 saturated heterocycles. The summed E-state index contributed by atoms with van der Waals surface area (Å²) < 4.78 is 10.6. The predicted molar refractivity (Wildman–Crippen MR) is 97.0 cm³/mol. The summed E-state index contributed by atoms with van der Waals surface area (Å²) in [5, 5.41) is 4.79. The summed E-state index contributed by atoms with van der Waals surface area (Å²) in [5.74, 6) is 0.421. The number of nitrogens with one attached hydrogen (secondary N) is 1. The molecular formula is C18H22N2O4S. The van der Waals surface area contributed by atoms with Gasteiger partial charge in [0.15, 0.2) is 11.7 Å². The van der Waals surface area contributed by atoms with Crippen LogP contribution in [-0.2, 0) is 20.9 Å². The number of thiazole rings is 1. The normalized spacial score (nSPS) is 10.6. The Balaban J connectivity index is 1.80. The van der Waals surface area contributed by atoms with E-state index in [1.165, 1.54) is 23.8 Å². The molecule has 1 aromatic carbocycles. The van der Waals surface area contributed by atoms with Gasteiger partial charge in [0.25, 0.3) is 0 Å². The summed E-state index contributed by atoms with van der Waals surface area (Å²) in [5.41, 5.74) is 2.97. The van der Waals surface area contributed by atoms with Crippen LogP contribution in [0.1, 0.15) is 43.5 Å². The van der Waals surface area contributed by atoms with Crippen molar-refractivity contribution < 1.29 is 19.1 Å². The fourth-order valence-corrected chi connectivity index (χ4v) is 3.05. The van der Waals surface area contributed by atoms with Crippen molar-refractivity contribution in [2.24, 2.45) is 0 Å². The average Bonchev–Trinajstić information content (AvgIpc) is 2.97. The first-order chi connectivity index (χ1) is 11.8. The summed E-state index contributed by atoms with van der Waals surface area (Å²) in [6.07, 6.45) is 0. The van der Waals surface area contributed by atoms with Crippen molar-refractivity contribution >= 4 is 28.3 Å². The van der Waals surface area contributed by atoms with Crippen LogP contribution in [0.2, 0.25) is 0 Å². The minimum Gasteiger partial charge on any atom is -0.482 e. The summed E-state index contributed by atoms with van der Waals surface area (Å²) in [7, 11) is 0. The Bertz CT molecular complexity index is 755. The lowest BCUT2D eigenvalue weighted by molar-refractivity contribution is -0.147. The van der Waals surface area contributed by atoms with Gasteiger partial charge in [-0.15, -0.1) is 11.3 Å². The molecule has 7 heteroatoms. The zero-order chi connectivity index (χ0) is 18.4. The summed E-state index contributed by atoms with van der Waals surface area (Å²) >= 11 is 1.28. The number of amides is 1. The number of hydrogen-bond donors (Lipinski definition) is 1. The lowest BCUT2D eigenvalue weighted by Gasteiger charge is -2.12. The smallest absolute Gasteiger partial charge is 0.344 e. The van der Waals surface area contributed by atoms with Crippen LogP contribution in [0.25, 0.3) is 0 Å². The van der Waals surface area contributed by atoms with Crippen LogP contribution in [0.5, 0.6) is 5.75 Å². The highest BCUT2D eigenvalue weighted by molar-refractivity contribution is 7.13. The van der Waals surface area contributed by atoms with E-state index in [0.717, 1.165) is 5.56 Å². The molecule has 0 aliphatic carbocycles. The molecule has 6 nitrogen and oxygen atoms in total. The fourth-order valence-electron chi connectivity index (χ4n) is 2.31. The van der Waals surface area contributed by atoms with Crippen LogP contribution in [0, 0.1) is 6.92 Å². The van der Waals surface area contributed by atoms with E-state index < -0.39 is 5.97 Å². The molecule has 0 spiro atoms. The maximum absolute atomic E-state index is 11.8. The Morgan fingerprint density at radius 3 is 2.72 bits per heavy atom. The van der Waals surface area contributed by atoms with Gasteiger partial charge in [-0.3, -0.25) is 4.79 Å². The summed E-state index contributed by atoms with van der Waals surface area (Å²) in [6.45, 7) is 7.59. The molecule has 1 heterocycles. The third-order valence-electron chi connectivity index (χ3n) is 3.44. The Morgan fingerprint density at radius 2 is 2.08 bits per heavy atom. The largest absolute Gasteiger partial charge is 0.482 e. The van der Waals surface area contributed by atoms with E-state index in [4.69, 9.17) is 9.47 Å². The molecule has 2 aromatic rings. The number of carbonyl (C=O) groups is 2. The summed E-state index contributed by atoms with van der Waals surface area (Å²) in [4.78, 5) is 26.9. The van der Waals surface area contributed by atoms with Crippen LogP contribution in [-0.4, -0.2) is 23.5 Å². The second-order valence-electron chi connectivity index (χ2n) is 5.95. The van der Waals surface area contributed by atoms with E-state index in [1.807, 2.05) is 25.1 Å². The number of esters is 1. The average molecular weight is 362 g/mol. The number of nitrogens with zero attached hydrogens (tertiary/aromatic N) is 1. The van der Waals surface area contributed by atoms with Gasteiger partial charge in [-0.05, 0) is 36.1 Å². The zero-order valence-electron chi connectivity index (χ0n) is 14.8. The molecule has 25 heavy (non-hydrogen) atoms. The van der Waals surface area contributed by atoms with E-state index in [1.54, 1.807) is 5.38 Å². The number of rotatable bonds is 7. The van der Waals surface area contributed by atoms with Crippen LogP contribution in [0.15, 0.2) is 23.6 Å². The number of aryl methyl sites for hydroxylation is 1. The van der Waals surface area contributed by atoms with Gasteiger partial charge in [0.2, 0.25) is 5.91 Å². The lowest BCUT2D eigenvalue weighted by atomic mass is 9.98.